The van der Waals surface area contributed by atoms with E-state index in [0.717, 1.165) is 32.4 Å². The predicted octanol–water partition coefficient (Wildman–Crippen LogP) is 4.07. The summed E-state index contributed by atoms with van der Waals surface area (Å²) in [5, 5.41) is 5.14. The molecule has 0 atom stereocenters. The number of pyridine rings is 2. The second kappa shape index (κ2) is 6.61. The summed E-state index contributed by atoms with van der Waals surface area (Å²) >= 11 is 1.53. The third-order valence-electron chi connectivity index (χ3n) is 4.63. The number of Topliss-reactive ketones (excluding diaryl/α,β-unsaturated/α-hetero) is 1. The van der Waals surface area contributed by atoms with Crippen LogP contribution in [0.3, 0.4) is 0 Å². The van der Waals surface area contributed by atoms with Crippen LogP contribution in [0.4, 0.5) is 0 Å². The minimum Gasteiger partial charge on any atom is -0.294 e. The highest BCUT2D eigenvalue weighted by atomic mass is 32.1. The second-order valence-corrected chi connectivity index (χ2v) is 7.49. The van der Waals surface area contributed by atoms with Gasteiger partial charge in [0.15, 0.2) is 5.78 Å². The molecule has 28 heavy (non-hydrogen) atoms. The monoisotopic (exact) mass is 385 g/mol. The van der Waals surface area contributed by atoms with Crippen molar-refractivity contribution in [3.63, 3.8) is 0 Å². The molecule has 136 valence electrons. The Hall–Kier alpha value is -3.45. The zero-order valence-electron chi connectivity index (χ0n) is 15.0. The highest BCUT2D eigenvalue weighted by molar-refractivity contribution is 7.16. The third kappa shape index (κ3) is 3.05. The Kier molecular flexibility index (Phi) is 3.95. The number of aromatic nitrogens is 5. The molecule has 0 saturated carbocycles. The van der Waals surface area contributed by atoms with Gasteiger partial charge in [-0.15, -0.1) is 11.3 Å². The zero-order chi connectivity index (χ0) is 19.1. The quantitative estimate of drug-likeness (QED) is 0.436. The number of rotatable bonds is 4. The van der Waals surface area contributed by atoms with Crippen LogP contribution >= 0.6 is 11.3 Å². The van der Waals surface area contributed by atoms with Gasteiger partial charge in [-0.2, -0.15) is 5.10 Å². The molecule has 6 nitrogen and oxygen atoms in total. The number of ketones is 1. The fourth-order valence-corrected chi connectivity index (χ4v) is 3.88. The summed E-state index contributed by atoms with van der Waals surface area (Å²) in [5.74, 6) is 0.0329. The first-order valence-electron chi connectivity index (χ1n) is 8.77. The third-order valence-corrected chi connectivity index (χ3v) is 5.42. The van der Waals surface area contributed by atoms with Crippen LogP contribution in [0.25, 0.3) is 32.4 Å². The van der Waals surface area contributed by atoms with Crippen molar-refractivity contribution >= 4 is 38.2 Å². The van der Waals surface area contributed by atoms with Gasteiger partial charge >= 0.3 is 0 Å². The molecule has 1 aromatic carbocycles. The number of hydrogen-bond donors (Lipinski definition) is 0. The maximum absolute atomic E-state index is 12.7. The summed E-state index contributed by atoms with van der Waals surface area (Å²) in [6.45, 7) is 0. The number of benzene rings is 1. The standard InChI is InChI=1S/C21H15N5OS/c1-26-11-15(10-24-26)17-4-3-14-9-22-16(7-19(14)25-17)8-20(27)13-2-5-18-21(6-13)28-12-23-18/h2-7,9-12H,8H2,1H3. The first-order chi connectivity index (χ1) is 13.7. The number of thiazole rings is 1. The van der Waals surface area contributed by atoms with Gasteiger partial charge in [-0.25, -0.2) is 9.97 Å². The Morgan fingerprint density at radius 1 is 1.07 bits per heavy atom. The van der Waals surface area contributed by atoms with Gasteiger partial charge in [0.25, 0.3) is 0 Å². The maximum Gasteiger partial charge on any atom is 0.168 e. The lowest BCUT2D eigenvalue weighted by Gasteiger charge is -2.05. The van der Waals surface area contributed by atoms with Crippen molar-refractivity contribution in [1.82, 2.24) is 24.7 Å². The van der Waals surface area contributed by atoms with E-state index in [2.05, 4.69) is 15.1 Å². The molecule has 4 heterocycles. The van der Waals surface area contributed by atoms with Crippen molar-refractivity contribution in [2.24, 2.45) is 7.05 Å². The van der Waals surface area contributed by atoms with E-state index in [0.29, 0.717) is 11.3 Å². The molecule has 0 aliphatic rings. The van der Waals surface area contributed by atoms with Gasteiger partial charge in [0.05, 0.1) is 45.2 Å². The Bertz CT molecular complexity index is 1340. The Labute approximate surface area is 164 Å². The van der Waals surface area contributed by atoms with Crippen molar-refractivity contribution < 1.29 is 4.79 Å². The summed E-state index contributed by atoms with van der Waals surface area (Å²) < 4.78 is 2.76. The number of fused-ring (bicyclic) bond motifs is 2. The molecule has 0 unspecified atom stereocenters. The minimum atomic E-state index is 0.0329. The lowest BCUT2D eigenvalue weighted by Crippen LogP contribution is -2.05. The van der Waals surface area contributed by atoms with E-state index in [1.165, 1.54) is 11.3 Å². The van der Waals surface area contributed by atoms with Gasteiger partial charge in [-0.1, -0.05) is 0 Å². The zero-order valence-corrected chi connectivity index (χ0v) is 15.8. The van der Waals surface area contributed by atoms with E-state index in [-0.39, 0.29) is 12.2 Å². The molecular weight excluding hydrogens is 370 g/mol. The molecule has 0 aliphatic carbocycles. The van der Waals surface area contributed by atoms with Crippen molar-refractivity contribution in [1.29, 1.82) is 0 Å². The SMILES string of the molecule is Cn1cc(-c2ccc3cnc(CC(=O)c4ccc5ncsc5c4)cc3n2)cn1. The molecule has 4 aromatic heterocycles. The van der Waals surface area contributed by atoms with E-state index in [1.807, 2.05) is 49.6 Å². The molecule has 5 rings (SSSR count). The van der Waals surface area contributed by atoms with Gasteiger partial charge in [-0.3, -0.25) is 14.5 Å². The molecule has 0 radical (unpaired) electrons. The normalized spacial score (nSPS) is 11.3. The number of nitrogens with zero attached hydrogens (tertiary/aromatic N) is 5. The lowest BCUT2D eigenvalue weighted by molar-refractivity contribution is 0.0992. The summed E-state index contributed by atoms with van der Waals surface area (Å²) in [7, 11) is 1.88. The van der Waals surface area contributed by atoms with Crippen LogP contribution in [-0.2, 0) is 13.5 Å². The van der Waals surface area contributed by atoms with E-state index in [1.54, 1.807) is 22.6 Å². The molecule has 0 saturated heterocycles. The summed E-state index contributed by atoms with van der Waals surface area (Å²) in [4.78, 5) is 26.1. The largest absolute Gasteiger partial charge is 0.294 e. The van der Waals surface area contributed by atoms with Crippen LogP contribution in [0.15, 0.2) is 60.5 Å². The minimum absolute atomic E-state index is 0.0329. The van der Waals surface area contributed by atoms with Gasteiger partial charge in [0.2, 0.25) is 0 Å². The van der Waals surface area contributed by atoms with Gasteiger partial charge < -0.3 is 0 Å². The molecule has 0 bridgehead atoms. The lowest BCUT2D eigenvalue weighted by atomic mass is 10.1. The topological polar surface area (TPSA) is 73.6 Å². The van der Waals surface area contributed by atoms with Crippen molar-refractivity contribution in [2.45, 2.75) is 6.42 Å². The van der Waals surface area contributed by atoms with Crippen LogP contribution in [0.2, 0.25) is 0 Å². The number of aryl methyl sites for hydroxylation is 1. The van der Waals surface area contributed by atoms with Gasteiger partial charge in [-0.05, 0) is 36.4 Å². The summed E-state index contributed by atoms with van der Waals surface area (Å²) in [6.07, 6.45) is 5.72. The molecule has 5 aromatic rings. The summed E-state index contributed by atoms with van der Waals surface area (Å²) in [6, 6.07) is 11.4. The van der Waals surface area contributed by atoms with Crippen LogP contribution in [0.5, 0.6) is 0 Å². The highest BCUT2D eigenvalue weighted by Crippen LogP contribution is 2.22. The first kappa shape index (κ1) is 16.7. The maximum atomic E-state index is 12.7. The Morgan fingerprint density at radius 3 is 2.86 bits per heavy atom. The van der Waals surface area contributed by atoms with E-state index in [4.69, 9.17) is 4.98 Å². The molecule has 0 spiro atoms. The van der Waals surface area contributed by atoms with Crippen LogP contribution in [0, 0.1) is 0 Å². The van der Waals surface area contributed by atoms with Crippen molar-refractivity contribution in [3.05, 3.63) is 71.8 Å². The molecule has 0 aliphatic heterocycles. The number of carbonyl (C=O) groups is 1. The molecule has 7 heteroatoms. The van der Waals surface area contributed by atoms with E-state index >= 15 is 0 Å². The van der Waals surface area contributed by atoms with Crippen molar-refractivity contribution in [3.8, 4) is 11.3 Å². The predicted molar refractivity (Wildman–Crippen MR) is 109 cm³/mol. The van der Waals surface area contributed by atoms with Gasteiger partial charge in [0.1, 0.15) is 0 Å². The van der Waals surface area contributed by atoms with Crippen molar-refractivity contribution in [2.75, 3.05) is 0 Å². The van der Waals surface area contributed by atoms with Gasteiger partial charge in [0, 0.05) is 36.0 Å². The van der Waals surface area contributed by atoms with E-state index in [9.17, 15) is 4.79 Å². The molecule has 0 amide bonds. The number of hydrogen-bond acceptors (Lipinski definition) is 6. The Morgan fingerprint density at radius 2 is 2.00 bits per heavy atom. The average Bonchev–Trinajstić information content (AvgIpc) is 3.35. The first-order valence-corrected chi connectivity index (χ1v) is 9.65. The molecule has 0 N–H and O–H groups in total. The fraction of sp³-hybridized carbons (Fsp3) is 0.0952. The summed E-state index contributed by atoms with van der Waals surface area (Å²) in [5.41, 5.74) is 6.70. The average molecular weight is 385 g/mol. The fourth-order valence-electron chi connectivity index (χ4n) is 3.16. The van der Waals surface area contributed by atoms with Crippen LogP contribution in [0.1, 0.15) is 16.1 Å². The molecule has 0 fully saturated rings. The number of carbonyl (C=O) groups excluding carboxylic acids is 1. The Balaban J connectivity index is 1.45. The van der Waals surface area contributed by atoms with E-state index < -0.39 is 0 Å². The second-order valence-electron chi connectivity index (χ2n) is 6.60. The highest BCUT2D eigenvalue weighted by Gasteiger charge is 2.11. The van der Waals surface area contributed by atoms with Crippen LogP contribution in [-0.4, -0.2) is 30.5 Å². The van der Waals surface area contributed by atoms with Crippen LogP contribution < -0.4 is 0 Å². The smallest absolute Gasteiger partial charge is 0.168 e. The molecular formula is C21H15N5OS.